The number of alkyl halides is 2. The molecule has 0 bridgehead atoms. The van der Waals surface area contributed by atoms with E-state index in [-0.39, 0.29) is 5.57 Å². The Morgan fingerprint density at radius 1 is 1.33 bits per heavy atom. The standard InChI is InChI=1S/C5H6F2O2/c6-5(7)1-3(2-5)4(8)9/h8-9H,1-2H2. The van der Waals surface area contributed by atoms with Gasteiger partial charge in [-0.2, -0.15) is 0 Å². The maximum atomic E-state index is 11.9. The van der Waals surface area contributed by atoms with Crippen LogP contribution in [0.25, 0.3) is 0 Å². The molecule has 2 nitrogen and oxygen atoms in total. The van der Waals surface area contributed by atoms with Crippen molar-refractivity contribution in [3.8, 4) is 0 Å². The van der Waals surface area contributed by atoms with Crippen LogP contribution >= 0.6 is 0 Å². The van der Waals surface area contributed by atoms with Gasteiger partial charge in [0.25, 0.3) is 11.9 Å². The van der Waals surface area contributed by atoms with Gasteiger partial charge in [-0.3, -0.25) is 0 Å². The molecule has 0 unspecified atom stereocenters. The molecule has 1 aliphatic rings. The van der Waals surface area contributed by atoms with E-state index in [1.165, 1.54) is 0 Å². The second kappa shape index (κ2) is 1.59. The van der Waals surface area contributed by atoms with E-state index in [0.29, 0.717) is 0 Å². The van der Waals surface area contributed by atoms with Crippen LogP contribution in [0.4, 0.5) is 8.78 Å². The zero-order valence-corrected chi connectivity index (χ0v) is 4.56. The highest BCUT2D eigenvalue weighted by Gasteiger charge is 2.43. The van der Waals surface area contributed by atoms with Crippen LogP contribution in [0.2, 0.25) is 0 Å². The number of aliphatic hydroxyl groups is 2. The van der Waals surface area contributed by atoms with Crippen molar-refractivity contribution in [1.82, 2.24) is 0 Å². The number of allylic oxidation sites excluding steroid dienone is 1. The zero-order valence-electron chi connectivity index (χ0n) is 4.56. The van der Waals surface area contributed by atoms with E-state index < -0.39 is 24.7 Å². The summed E-state index contributed by atoms with van der Waals surface area (Å²) in [5, 5.41) is 16.4. The third-order valence-electron chi connectivity index (χ3n) is 1.26. The summed E-state index contributed by atoms with van der Waals surface area (Å²) in [5.74, 6) is -3.65. The normalized spacial score (nSPS) is 23.1. The molecule has 0 radical (unpaired) electrons. The van der Waals surface area contributed by atoms with Crippen LogP contribution in [-0.4, -0.2) is 16.1 Å². The molecule has 52 valence electrons. The number of rotatable bonds is 0. The fourth-order valence-electron chi connectivity index (χ4n) is 0.731. The van der Waals surface area contributed by atoms with Crippen molar-refractivity contribution in [2.24, 2.45) is 0 Å². The topological polar surface area (TPSA) is 40.5 Å². The van der Waals surface area contributed by atoms with E-state index in [1.807, 2.05) is 0 Å². The number of aliphatic hydroxyl groups excluding tert-OH is 1. The number of hydrogen-bond acceptors (Lipinski definition) is 2. The molecular weight excluding hydrogens is 130 g/mol. The van der Waals surface area contributed by atoms with E-state index in [9.17, 15) is 8.78 Å². The van der Waals surface area contributed by atoms with Gasteiger partial charge in [0.1, 0.15) is 0 Å². The molecule has 1 rings (SSSR count). The summed E-state index contributed by atoms with van der Waals surface area (Å²) in [4.78, 5) is 0. The monoisotopic (exact) mass is 136 g/mol. The zero-order chi connectivity index (χ0) is 7.07. The molecule has 0 aliphatic heterocycles. The SMILES string of the molecule is OC(O)=C1CC(F)(F)C1. The largest absolute Gasteiger partial charge is 0.481 e. The van der Waals surface area contributed by atoms with Crippen LogP contribution in [0, 0.1) is 0 Å². The maximum Gasteiger partial charge on any atom is 0.273 e. The highest BCUT2D eigenvalue weighted by molar-refractivity contribution is 5.17. The first kappa shape index (κ1) is 6.32. The number of halogens is 2. The average Bonchev–Trinajstić information content (AvgIpc) is 1.59. The lowest BCUT2D eigenvalue weighted by Crippen LogP contribution is -2.29. The first-order chi connectivity index (χ1) is 4.01. The Balaban J connectivity index is 2.54. The highest BCUT2D eigenvalue weighted by atomic mass is 19.3. The van der Waals surface area contributed by atoms with Gasteiger partial charge in [-0.05, 0) is 0 Å². The average molecular weight is 136 g/mol. The van der Waals surface area contributed by atoms with Gasteiger partial charge in [0.2, 0.25) is 0 Å². The van der Waals surface area contributed by atoms with E-state index >= 15 is 0 Å². The first-order valence-electron chi connectivity index (χ1n) is 2.49. The molecule has 0 aromatic carbocycles. The maximum absolute atomic E-state index is 11.9. The summed E-state index contributed by atoms with van der Waals surface area (Å²) in [6, 6.07) is 0. The fraction of sp³-hybridized carbons (Fsp3) is 0.600. The minimum absolute atomic E-state index is 0.0417. The molecule has 0 aromatic rings. The number of hydrogen-bond donors (Lipinski definition) is 2. The third kappa shape index (κ3) is 1.12. The van der Waals surface area contributed by atoms with Crippen LogP contribution in [0.1, 0.15) is 12.8 Å². The van der Waals surface area contributed by atoms with Crippen molar-refractivity contribution < 1.29 is 19.0 Å². The van der Waals surface area contributed by atoms with Crippen LogP contribution in [0.5, 0.6) is 0 Å². The summed E-state index contributed by atoms with van der Waals surface area (Å²) >= 11 is 0. The molecule has 0 atom stereocenters. The predicted molar refractivity (Wildman–Crippen MR) is 26.5 cm³/mol. The molecule has 1 saturated carbocycles. The Labute approximate surface area is 50.4 Å². The van der Waals surface area contributed by atoms with E-state index in [0.717, 1.165) is 0 Å². The van der Waals surface area contributed by atoms with Gasteiger partial charge in [-0.15, -0.1) is 0 Å². The summed E-state index contributed by atoms with van der Waals surface area (Å²) in [7, 11) is 0. The minimum Gasteiger partial charge on any atom is -0.481 e. The molecule has 1 aliphatic carbocycles. The van der Waals surface area contributed by atoms with Gasteiger partial charge in [-0.25, -0.2) is 8.78 Å². The second-order valence-corrected chi connectivity index (χ2v) is 2.14. The van der Waals surface area contributed by atoms with Crippen molar-refractivity contribution >= 4 is 0 Å². The summed E-state index contributed by atoms with van der Waals surface area (Å²) in [5.41, 5.74) is 0.0417. The molecular formula is C5H6F2O2. The van der Waals surface area contributed by atoms with Gasteiger partial charge >= 0.3 is 0 Å². The second-order valence-electron chi connectivity index (χ2n) is 2.14. The molecule has 0 amide bonds. The van der Waals surface area contributed by atoms with Crippen molar-refractivity contribution in [1.29, 1.82) is 0 Å². The van der Waals surface area contributed by atoms with Crippen molar-refractivity contribution in [3.63, 3.8) is 0 Å². The van der Waals surface area contributed by atoms with Crippen molar-refractivity contribution in [3.05, 3.63) is 11.5 Å². The lowest BCUT2D eigenvalue weighted by molar-refractivity contribution is -0.0445. The van der Waals surface area contributed by atoms with Gasteiger partial charge < -0.3 is 10.2 Å². The molecule has 2 N–H and O–H groups in total. The molecule has 1 fully saturated rings. The van der Waals surface area contributed by atoms with Gasteiger partial charge in [0, 0.05) is 18.4 Å². The van der Waals surface area contributed by atoms with Crippen molar-refractivity contribution in [2.45, 2.75) is 18.8 Å². The summed E-state index contributed by atoms with van der Waals surface area (Å²) < 4.78 is 23.8. The van der Waals surface area contributed by atoms with E-state index in [1.54, 1.807) is 0 Å². The van der Waals surface area contributed by atoms with E-state index in [4.69, 9.17) is 10.2 Å². The molecule has 0 heterocycles. The van der Waals surface area contributed by atoms with Crippen LogP contribution in [0.3, 0.4) is 0 Å². The fourth-order valence-corrected chi connectivity index (χ4v) is 0.731. The predicted octanol–water partition coefficient (Wildman–Crippen LogP) is 1.74. The molecule has 0 spiro atoms. The summed E-state index contributed by atoms with van der Waals surface area (Å²) in [6.07, 6.45) is -1.01. The molecule has 0 saturated heterocycles. The van der Waals surface area contributed by atoms with Gasteiger partial charge in [0.15, 0.2) is 0 Å². The van der Waals surface area contributed by atoms with E-state index in [2.05, 4.69) is 0 Å². The lowest BCUT2D eigenvalue weighted by Gasteiger charge is -2.27. The van der Waals surface area contributed by atoms with Crippen LogP contribution in [0.15, 0.2) is 11.5 Å². The van der Waals surface area contributed by atoms with Crippen molar-refractivity contribution in [2.75, 3.05) is 0 Å². The Hall–Kier alpha value is -0.800. The molecule has 9 heavy (non-hydrogen) atoms. The van der Waals surface area contributed by atoms with Crippen LogP contribution in [-0.2, 0) is 0 Å². The third-order valence-corrected chi connectivity index (χ3v) is 1.26. The highest BCUT2D eigenvalue weighted by Crippen LogP contribution is 2.42. The Kier molecular flexibility index (Phi) is 1.12. The van der Waals surface area contributed by atoms with Crippen LogP contribution < -0.4 is 0 Å². The van der Waals surface area contributed by atoms with Gasteiger partial charge in [-0.1, -0.05) is 0 Å². The first-order valence-corrected chi connectivity index (χ1v) is 2.49. The molecule has 4 heteroatoms. The lowest BCUT2D eigenvalue weighted by atomic mass is 9.88. The smallest absolute Gasteiger partial charge is 0.273 e. The Bertz CT molecular complexity index is 148. The minimum atomic E-state index is -2.70. The summed E-state index contributed by atoms with van der Waals surface area (Å²) in [6.45, 7) is 0. The molecule has 0 aromatic heterocycles. The Morgan fingerprint density at radius 3 is 1.89 bits per heavy atom. The van der Waals surface area contributed by atoms with Gasteiger partial charge in [0.05, 0.1) is 0 Å². The quantitative estimate of drug-likeness (QED) is 0.498. The Morgan fingerprint density at radius 2 is 1.78 bits per heavy atom.